The molecule has 0 aliphatic carbocycles. The second-order valence-electron chi connectivity index (χ2n) is 6.72. The topological polar surface area (TPSA) is 76.7 Å². The third kappa shape index (κ3) is 6.10. The molecular formula is C24H24N2O4. The van der Waals surface area contributed by atoms with Crippen LogP contribution in [0.3, 0.4) is 0 Å². The largest absolute Gasteiger partial charge is 0.497 e. The summed E-state index contributed by atoms with van der Waals surface area (Å²) in [5.74, 6) is 1.28. The highest BCUT2D eigenvalue weighted by molar-refractivity contribution is 5.94. The van der Waals surface area contributed by atoms with Gasteiger partial charge in [-0.3, -0.25) is 9.59 Å². The zero-order valence-corrected chi connectivity index (χ0v) is 17.0. The number of hydrogen-bond acceptors (Lipinski definition) is 4. The summed E-state index contributed by atoms with van der Waals surface area (Å²) in [5, 5.41) is 5.71. The number of benzene rings is 3. The molecule has 0 unspecified atom stereocenters. The van der Waals surface area contributed by atoms with Gasteiger partial charge in [0.05, 0.1) is 27.1 Å². The maximum Gasteiger partial charge on any atom is 0.228 e. The lowest BCUT2D eigenvalue weighted by Crippen LogP contribution is -2.15. The lowest BCUT2D eigenvalue weighted by molar-refractivity contribution is -0.116. The lowest BCUT2D eigenvalue weighted by Gasteiger charge is -2.09. The fourth-order valence-electron chi connectivity index (χ4n) is 2.90. The van der Waals surface area contributed by atoms with Gasteiger partial charge in [-0.2, -0.15) is 0 Å². The van der Waals surface area contributed by atoms with Crippen molar-refractivity contribution < 1.29 is 19.1 Å². The summed E-state index contributed by atoms with van der Waals surface area (Å²) >= 11 is 0. The second kappa shape index (κ2) is 10.1. The highest BCUT2D eigenvalue weighted by Crippen LogP contribution is 2.16. The van der Waals surface area contributed by atoms with Crippen molar-refractivity contribution in [3.8, 4) is 11.5 Å². The molecule has 0 spiro atoms. The summed E-state index contributed by atoms with van der Waals surface area (Å²) in [7, 11) is 3.21. The number of hydrogen-bond donors (Lipinski definition) is 2. The maximum absolute atomic E-state index is 12.2. The average molecular weight is 404 g/mol. The minimum Gasteiger partial charge on any atom is -0.497 e. The third-order valence-corrected chi connectivity index (χ3v) is 4.50. The van der Waals surface area contributed by atoms with Gasteiger partial charge in [0.25, 0.3) is 0 Å². The van der Waals surface area contributed by atoms with Crippen molar-refractivity contribution in [2.24, 2.45) is 0 Å². The molecule has 6 heteroatoms. The van der Waals surface area contributed by atoms with Crippen molar-refractivity contribution >= 4 is 23.2 Å². The van der Waals surface area contributed by atoms with Crippen molar-refractivity contribution in [2.45, 2.75) is 12.8 Å². The molecule has 0 heterocycles. The van der Waals surface area contributed by atoms with Gasteiger partial charge in [0.2, 0.25) is 11.8 Å². The molecular weight excluding hydrogens is 380 g/mol. The SMILES string of the molecule is COc1ccc(CC(=O)Nc2ccc(NC(=O)Cc3ccc(OC)cc3)cc2)cc1. The Bertz CT molecular complexity index is 899. The Morgan fingerprint density at radius 1 is 0.600 bits per heavy atom. The molecule has 0 aliphatic rings. The monoisotopic (exact) mass is 404 g/mol. The number of amides is 2. The zero-order chi connectivity index (χ0) is 21.3. The van der Waals surface area contributed by atoms with Crippen LogP contribution in [0.4, 0.5) is 11.4 Å². The molecule has 0 saturated carbocycles. The normalized spacial score (nSPS) is 10.2. The average Bonchev–Trinajstić information content (AvgIpc) is 2.76. The van der Waals surface area contributed by atoms with Gasteiger partial charge < -0.3 is 20.1 Å². The smallest absolute Gasteiger partial charge is 0.228 e. The molecule has 2 N–H and O–H groups in total. The number of carbonyl (C=O) groups is 2. The van der Waals surface area contributed by atoms with Gasteiger partial charge in [-0.05, 0) is 59.7 Å². The van der Waals surface area contributed by atoms with E-state index >= 15 is 0 Å². The van der Waals surface area contributed by atoms with E-state index in [1.807, 2.05) is 48.5 Å². The van der Waals surface area contributed by atoms with Gasteiger partial charge in [0.15, 0.2) is 0 Å². The molecule has 3 rings (SSSR count). The van der Waals surface area contributed by atoms with Gasteiger partial charge >= 0.3 is 0 Å². The molecule has 0 fully saturated rings. The highest BCUT2D eigenvalue weighted by Gasteiger charge is 2.07. The minimum absolute atomic E-state index is 0.114. The Morgan fingerprint density at radius 2 is 0.933 bits per heavy atom. The van der Waals surface area contributed by atoms with E-state index in [0.717, 1.165) is 22.6 Å². The summed E-state index contributed by atoms with van der Waals surface area (Å²) in [5.41, 5.74) is 3.13. The van der Waals surface area contributed by atoms with Gasteiger partial charge in [-0.1, -0.05) is 24.3 Å². The van der Waals surface area contributed by atoms with E-state index in [-0.39, 0.29) is 24.7 Å². The number of anilines is 2. The van der Waals surface area contributed by atoms with Gasteiger partial charge in [-0.25, -0.2) is 0 Å². The first-order valence-corrected chi connectivity index (χ1v) is 9.51. The predicted molar refractivity (Wildman–Crippen MR) is 117 cm³/mol. The van der Waals surface area contributed by atoms with E-state index in [2.05, 4.69) is 10.6 Å². The van der Waals surface area contributed by atoms with Crippen LogP contribution in [0.2, 0.25) is 0 Å². The van der Waals surface area contributed by atoms with Crippen LogP contribution >= 0.6 is 0 Å². The summed E-state index contributed by atoms with van der Waals surface area (Å²) < 4.78 is 10.2. The Hall–Kier alpha value is -3.80. The van der Waals surface area contributed by atoms with Crippen molar-refractivity contribution in [3.05, 3.63) is 83.9 Å². The lowest BCUT2D eigenvalue weighted by atomic mass is 10.1. The first-order valence-electron chi connectivity index (χ1n) is 9.51. The fourth-order valence-corrected chi connectivity index (χ4v) is 2.90. The number of rotatable bonds is 8. The first kappa shape index (κ1) is 20.9. The van der Waals surface area contributed by atoms with Gasteiger partial charge in [-0.15, -0.1) is 0 Å². The van der Waals surface area contributed by atoms with E-state index < -0.39 is 0 Å². The van der Waals surface area contributed by atoms with Crippen LogP contribution in [0.1, 0.15) is 11.1 Å². The highest BCUT2D eigenvalue weighted by atomic mass is 16.5. The molecule has 0 atom stereocenters. The summed E-state index contributed by atoms with van der Waals surface area (Å²) in [6.07, 6.45) is 0.536. The molecule has 0 aromatic heterocycles. The van der Waals surface area contributed by atoms with E-state index in [4.69, 9.17) is 9.47 Å². The molecule has 3 aromatic rings. The zero-order valence-electron chi connectivity index (χ0n) is 17.0. The molecule has 6 nitrogen and oxygen atoms in total. The summed E-state index contributed by atoms with van der Waals surface area (Å²) in [4.78, 5) is 24.5. The number of ether oxygens (including phenoxy) is 2. The van der Waals surface area contributed by atoms with Crippen LogP contribution in [-0.4, -0.2) is 26.0 Å². The first-order chi connectivity index (χ1) is 14.6. The van der Waals surface area contributed by atoms with E-state index in [1.54, 1.807) is 38.5 Å². The molecule has 0 radical (unpaired) electrons. The molecule has 0 aliphatic heterocycles. The Labute approximate surface area is 175 Å². The molecule has 3 aromatic carbocycles. The number of nitrogens with one attached hydrogen (secondary N) is 2. The van der Waals surface area contributed by atoms with Crippen molar-refractivity contribution in [1.29, 1.82) is 0 Å². The van der Waals surface area contributed by atoms with E-state index in [0.29, 0.717) is 11.4 Å². The van der Waals surface area contributed by atoms with Crippen LogP contribution in [0.25, 0.3) is 0 Å². The van der Waals surface area contributed by atoms with Crippen molar-refractivity contribution in [1.82, 2.24) is 0 Å². The van der Waals surface area contributed by atoms with Crippen LogP contribution in [0.5, 0.6) is 11.5 Å². The summed E-state index contributed by atoms with van der Waals surface area (Å²) in [6.45, 7) is 0. The van der Waals surface area contributed by atoms with Crippen LogP contribution in [0.15, 0.2) is 72.8 Å². The summed E-state index contributed by atoms with van der Waals surface area (Å²) in [6, 6.07) is 21.8. The second-order valence-corrected chi connectivity index (χ2v) is 6.72. The van der Waals surface area contributed by atoms with Gasteiger partial charge in [0.1, 0.15) is 11.5 Å². The fraction of sp³-hybridized carbons (Fsp3) is 0.167. The minimum atomic E-state index is -0.114. The van der Waals surface area contributed by atoms with Crippen LogP contribution in [0, 0.1) is 0 Å². The third-order valence-electron chi connectivity index (χ3n) is 4.50. The van der Waals surface area contributed by atoms with Crippen molar-refractivity contribution in [2.75, 3.05) is 24.9 Å². The Balaban J connectivity index is 1.49. The molecule has 2 amide bonds. The van der Waals surface area contributed by atoms with Gasteiger partial charge in [0, 0.05) is 11.4 Å². The molecule has 0 saturated heterocycles. The van der Waals surface area contributed by atoms with E-state index in [9.17, 15) is 9.59 Å². The molecule has 0 bridgehead atoms. The van der Waals surface area contributed by atoms with E-state index in [1.165, 1.54) is 0 Å². The van der Waals surface area contributed by atoms with Crippen molar-refractivity contribution in [3.63, 3.8) is 0 Å². The standard InChI is InChI=1S/C24H24N2O4/c1-29-21-11-3-17(4-12-21)15-23(27)25-19-7-9-20(10-8-19)26-24(28)16-18-5-13-22(30-2)14-6-18/h3-14H,15-16H2,1-2H3,(H,25,27)(H,26,28). The Morgan fingerprint density at radius 3 is 1.23 bits per heavy atom. The van der Waals surface area contributed by atoms with Crippen LogP contribution < -0.4 is 20.1 Å². The number of carbonyl (C=O) groups excluding carboxylic acids is 2. The van der Waals surface area contributed by atoms with Crippen LogP contribution in [-0.2, 0) is 22.4 Å². The Kier molecular flexibility index (Phi) is 7.05. The molecule has 154 valence electrons. The number of methoxy groups -OCH3 is 2. The predicted octanol–water partition coefficient (Wildman–Crippen LogP) is 4.07. The maximum atomic E-state index is 12.2. The molecule has 30 heavy (non-hydrogen) atoms. The quantitative estimate of drug-likeness (QED) is 0.593.